The fourth-order valence-corrected chi connectivity index (χ4v) is 3.57. The van der Waals surface area contributed by atoms with Crippen molar-refractivity contribution in [1.29, 1.82) is 0 Å². The van der Waals surface area contributed by atoms with Crippen LogP contribution in [0.3, 0.4) is 0 Å². The summed E-state index contributed by atoms with van der Waals surface area (Å²) in [5.74, 6) is -2.51. The minimum Gasteiger partial charge on any atom is -0.348 e. The van der Waals surface area contributed by atoms with Gasteiger partial charge in [0.2, 0.25) is 0 Å². The molecule has 2 heterocycles. The highest BCUT2D eigenvalue weighted by Gasteiger charge is 2.28. The first-order valence-electron chi connectivity index (χ1n) is 7.25. The van der Waals surface area contributed by atoms with Crippen molar-refractivity contribution in [2.24, 2.45) is 4.99 Å². The Morgan fingerprint density at radius 3 is 2.64 bits per heavy atom. The van der Waals surface area contributed by atoms with E-state index < -0.39 is 17.5 Å². The number of aliphatic imine (C=N–C) groups is 1. The number of benzene rings is 1. The predicted octanol–water partition coefficient (Wildman–Crippen LogP) is 2.21. The van der Waals surface area contributed by atoms with Gasteiger partial charge in [0.15, 0.2) is 16.8 Å². The Morgan fingerprint density at radius 1 is 1.27 bits per heavy atom. The fraction of sp³-hybridized carbons (Fsp3) is 0.467. The van der Waals surface area contributed by atoms with Crippen molar-refractivity contribution < 1.29 is 13.6 Å². The van der Waals surface area contributed by atoms with Crippen LogP contribution in [0.15, 0.2) is 23.2 Å². The van der Waals surface area contributed by atoms with Crippen molar-refractivity contribution in [3.05, 3.63) is 35.4 Å². The lowest BCUT2D eigenvalue weighted by atomic mass is 10.1. The number of hydrogen-bond donors (Lipinski definition) is 0. The van der Waals surface area contributed by atoms with E-state index in [4.69, 9.17) is 0 Å². The van der Waals surface area contributed by atoms with Crippen molar-refractivity contribution in [2.45, 2.75) is 12.2 Å². The van der Waals surface area contributed by atoms with Crippen molar-refractivity contribution in [2.75, 3.05) is 32.7 Å². The zero-order valence-corrected chi connectivity index (χ0v) is 13.1. The predicted molar refractivity (Wildman–Crippen MR) is 83.2 cm³/mol. The maximum Gasteiger partial charge on any atom is 0.257 e. The summed E-state index contributed by atoms with van der Waals surface area (Å²) in [6.45, 7) is 5.27. The Bertz CT molecular complexity index is 615. The van der Waals surface area contributed by atoms with Crippen LogP contribution in [0.25, 0.3) is 0 Å². The second-order valence-corrected chi connectivity index (χ2v) is 6.84. The molecule has 118 valence electrons. The Balaban J connectivity index is 1.64. The van der Waals surface area contributed by atoms with E-state index in [0.29, 0.717) is 31.4 Å². The van der Waals surface area contributed by atoms with Crippen LogP contribution in [0.5, 0.6) is 0 Å². The van der Waals surface area contributed by atoms with Crippen LogP contribution in [0.1, 0.15) is 17.3 Å². The summed E-state index contributed by atoms with van der Waals surface area (Å²) in [5, 5.41) is 1.52. The van der Waals surface area contributed by atoms with Gasteiger partial charge >= 0.3 is 0 Å². The standard InChI is InChI=1S/C15H17F2N3OS/c1-10-9-18-15(22-10)20-7-5-19(6-8-20)14(21)11-3-2-4-12(16)13(11)17/h2-4,10H,5-9H2,1H3/t10-/m1/s1. The minimum atomic E-state index is -1.07. The molecule has 3 rings (SSSR count). The molecule has 2 aliphatic rings. The molecule has 0 aliphatic carbocycles. The van der Waals surface area contributed by atoms with Gasteiger partial charge in [0, 0.05) is 31.4 Å². The van der Waals surface area contributed by atoms with Gasteiger partial charge in [0.05, 0.1) is 12.1 Å². The monoisotopic (exact) mass is 325 g/mol. The summed E-state index contributed by atoms with van der Waals surface area (Å²) in [7, 11) is 0. The summed E-state index contributed by atoms with van der Waals surface area (Å²) in [5.41, 5.74) is -0.199. The van der Waals surface area contributed by atoms with Crippen LogP contribution in [0.2, 0.25) is 0 Å². The molecule has 4 nitrogen and oxygen atoms in total. The molecule has 1 fully saturated rings. The summed E-state index contributed by atoms with van der Waals surface area (Å²) >= 11 is 1.75. The molecule has 1 aromatic rings. The van der Waals surface area contributed by atoms with E-state index in [-0.39, 0.29) is 5.56 Å². The van der Waals surface area contributed by atoms with E-state index in [1.165, 1.54) is 12.1 Å². The first-order chi connectivity index (χ1) is 10.6. The molecule has 0 unspecified atom stereocenters. The van der Waals surface area contributed by atoms with Crippen LogP contribution in [-0.2, 0) is 0 Å². The molecule has 1 saturated heterocycles. The van der Waals surface area contributed by atoms with Crippen LogP contribution in [-0.4, -0.2) is 58.8 Å². The number of rotatable bonds is 1. The highest BCUT2D eigenvalue weighted by molar-refractivity contribution is 8.14. The van der Waals surface area contributed by atoms with Crippen LogP contribution >= 0.6 is 11.8 Å². The van der Waals surface area contributed by atoms with Crippen molar-refractivity contribution in [3.63, 3.8) is 0 Å². The normalized spacial score (nSPS) is 22.0. The molecular formula is C15H17F2N3OS. The quantitative estimate of drug-likeness (QED) is 0.794. The SMILES string of the molecule is C[C@@H]1CN=C(N2CCN(C(=O)c3cccc(F)c3F)CC2)S1. The topological polar surface area (TPSA) is 35.9 Å². The summed E-state index contributed by atoms with van der Waals surface area (Å²) in [6, 6.07) is 3.69. The lowest BCUT2D eigenvalue weighted by Crippen LogP contribution is -2.50. The number of nitrogens with zero attached hydrogens (tertiary/aromatic N) is 3. The van der Waals surface area contributed by atoms with Gasteiger partial charge in [-0.2, -0.15) is 0 Å². The summed E-state index contributed by atoms with van der Waals surface area (Å²) < 4.78 is 27.0. The van der Waals surface area contributed by atoms with Gasteiger partial charge in [0.25, 0.3) is 5.91 Å². The molecule has 7 heteroatoms. The molecule has 0 radical (unpaired) electrons. The first-order valence-corrected chi connectivity index (χ1v) is 8.13. The van der Waals surface area contributed by atoms with Gasteiger partial charge in [-0.1, -0.05) is 24.8 Å². The van der Waals surface area contributed by atoms with Crippen LogP contribution < -0.4 is 0 Å². The van der Waals surface area contributed by atoms with E-state index in [1.807, 2.05) is 0 Å². The highest BCUT2D eigenvalue weighted by atomic mass is 32.2. The van der Waals surface area contributed by atoms with Gasteiger partial charge in [0.1, 0.15) is 0 Å². The molecule has 1 aromatic carbocycles. The lowest BCUT2D eigenvalue weighted by Gasteiger charge is -2.35. The second kappa shape index (κ2) is 6.24. The third-order valence-corrected chi connectivity index (χ3v) is 4.96. The van der Waals surface area contributed by atoms with E-state index in [0.717, 1.165) is 17.8 Å². The van der Waals surface area contributed by atoms with Crippen molar-refractivity contribution in [3.8, 4) is 0 Å². The van der Waals surface area contributed by atoms with Gasteiger partial charge in [-0.15, -0.1) is 0 Å². The lowest BCUT2D eigenvalue weighted by molar-refractivity contribution is 0.0688. The average molecular weight is 325 g/mol. The zero-order valence-electron chi connectivity index (χ0n) is 12.3. The van der Waals surface area contributed by atoms with E-state index in [9.17, 15) is 13.6 Å². The largest absolute Gasteiger partial charge is 0.348 e. The molecule has 0 spiro atoms. The van der Waals surface area contributed by atoms with E-state index in [2.05, 4.69) is 16.8 Å². The number of hydrogen-bond acceptors (Lipinski definition) is 4. The Hall–Kier alpha value is -1.63. The zero-order chi connectivity index (χ0) is 15.7. The van der Waals surface area contributed by atoms with Crippen molar-refractivity contribution in [1.82, 2.24) is 9.80 Å². The Morgan fingerprint density at radius 2 is 2.00 bits per heavy atom. The number of amides is 1. The number of amidine groups is 1. The number of carbonyl (C=O) groups excluding carboxylic acids is 1. The smallest absolute Gasteiger partial charge is 0.257 e. The maximum absolute atomic E-state index is 13.7. The fourth-order valence-electron chi connectivity index (χ4n) is 2.58. The first kappa shape index (κ1) is 15.3. The number of thioether (sulfide) groups is 1. The van der Waals surface area contributed by atoms with Gasteiger partial charge in [-0.05, 0) is 12.1 Å². The van der Waals surface area contributed by atoms with Gasteiger partial charge in [-0.3, -0.25) is 9.79 Å². The second-order valence-electron chi connectivity index (χ2n) is 5.43. The molecule has 1 atom stereocenters. The Kier molecular flexibility index (Phi) is 4.33. The van der Waals surface area contributed by atoms with Gasteiger partial charge in [-0.25, -0.2) is 8.78 Å². The summed E-state index contributed by atoms with van der Waals surface area (Å²) in [6.07, 6.45) is 0. The molecule has 0 bridgehead atoms. The Labute approximate surface area is 132 Å². The molecular weight excluding hydrogens is 308 g/mol. The molecule has 0 aromatic heterocycles. The maximum atomic E-state index is 13.7. The van der Waals surface area contributed by atoms with Crippen molar-refractivity contribution >= 4 is 22.8 Å². The summed E-state index contributed by atoms with van der Waals surface area (Å²) in [4.78, 5) is 20.5. The van der Waals surface area contributed by atoms with Gasteiger partial charge < -0.3 is 9.80 Å². The highest BCUT2D eigenvalue weighted by Crippen LogP contribution is 2.24. The number of piperazine rings is 1. The minimum absolute atomic E-state index is 0.199. The average Bonchev–Trinajstić information content (AvgIpc) is 2.96. The van der Waals surface area contributed by atoms with Crippen LogP contribution in [0, 0.1) is 11.6 Å². The van der Waals surface area contributed by atoms with E-state index in [1.54, 1.807) is 16.7 Å². The number of halogens is 2. The van der Waals surface area contributed by atoms with E-state index >= 15 is 0 Å². The molecule has 0 N–H and O–H groups in total. The molecule has 2 aliphatic heterocycles. The number of carbonyl (C=O) groups is 1. The van der Waals surface area contributed by atoms with Crippen LogP contribution in [0.4, 0.5) is 8.78 Å². The molecule has 1 amide bonds. The third kappa shape index (κ3) is 2.95. The third-order valence-electron chi connectivity index (χ3n) is 3.81. The molecule has 22 heavy (non-hydrogen) atoms. The molecule has 0 saturated carbocycles.